The molecule has 1 heterocycles. The predicted octanol–water partition coefficient (Wildman–Crippen LogP) is 7.74. The third-order valence-corrected chi connectivity index (χ3v) is 7.78. The Labute approximate surface area is 271 Å². The Balaban J connectivity index is 1.35. The number of anilines is 1. The van der Waals surface area contributed by atoms with Crippen molar-refractivity contribution >= 4 is 61.5 Å². The van der Waals surface area contributed by atoms with Gasteiger partial charge in [0.15, 0.2) is 11.5 Å². The van der Waals surface area contributed by atoms with Crippen molar-refractivity contribution in [1.29, 1.82) is 0 Å². The fourth-order valence-electron chi connectivity index (χ4n) is 4.41. The van der Waals surface area contributed by atoms with Crippen LogP contribution in [0, 0.1) is 6.92 Å². The van der Waals surface area contributed by atoms with E-state index in [-0.39, 0.29) is 5.57 Å². The molecule has 1 aliphatic rings. The zero-order valence-corrected chi connectivity index (χ0v) is 27.1. The van der Waals surface area contributed by atoms with Gasteiger partial charge in [0.05, 0.1) is 16.8 Å². The lowest BCUT2D eigenvalue weighted by atomic mass is 10.1. The van der Waals surface area contributed by atoms with Gasteiger partial charge < -0.3 is 14.2 Å². The lowest BCUT2D eigenvalue weighted by Gasteiger charge is -2.26. The number of urea groups is 1. The molecule has 0 atom stereocenters. The molecule has 0 radical (unpaired) electrons. The van der Waals surface area contributed by atoms with Crippen molar-refractivity contribution in [2.24, 2.45) is 0 Å². The first-order chi connectivity index (χ1) is 21.2. The largest absolute Gasteiger partial charge is 0.490 e. The first-order valence-electron chi connectivity index (χ1n) is 13.7. The number of carbonyl (C=O) groups excluding carboxylic acids is 3. The maximum absolute atomic E-state index is 13.5. The minimum Gasteiger partial charge on any atom is -0.490 e. The van der Waals surface area contributed by atoms with Crippen LogP contribution in [0.1, 0.15) is 29.2 Å². The van der Waals surface area contributed by atoms with E-state index >= 15 is 0 Å². The van der Waals surface area contributed by atoms with Gasteiger partial charge in [-0.25, -0.2) is 9.69 Å². The second-order valence-corrected chi connectivity index (χ2v) is 11.7. The summed E-state index contributed by atoms with van der Waals surface area (Å²) in [6.45, 7) is 4.91. The number of aryl methyl sites for hydroxylation is 1. The average Bonchev–Trinajstić information content (AvgIpc) is 3.00. The Hall–Kier alpha value is -4.41. The van der Waals surface area contributed by atoms with Gasteiger partial charge in [-0.2, -0.15) is 0 Å². The number of hydrogen-bond donors (Lipinski definition) is 1. The fourth-order valence-corrected chi connectivity index (χ4v) is 5.25. The zero-order chi connectivity index (χ0) is 31.2. The molecule has 0 spiro atoms. The van der Waals surface area contributed by atoms with Crippen molar-refractivity contribution in [3.8, 4) is 17.2 Å². The van der Waals surface area contributed by atoms with E-state index in [1.54, 1.807) is 36.4 Å². The average molecular weight is 720 g/mol. The molecule has 4 aromatic rings. The number of ether oxygens (including phenoxy) is 3. The normalized spacial score (nSPS) is 14.0. The molecule has 8 nitrogen and oxygen atoms in total. The summed E-state index contributed by atoms with van der Waals surface area (Å²) in [7, 11) is 0. The van der Waals surface area contributed by atoms with Crippen molar-refractivity contribution in [1.82, 2.24) is 5.32 Å². The number of amides is 4. The highest BCUT2D eigenvalue weighted by Crippen LogP contribution is 2.38. The standard InChI is InChI=1S/C34H28Br2N2O6/c1-3-42-30-18-24(17-29(36)31(30)44-20-23-8-10-25(35)11-9-23)16-28-32(39)37-34(41)38(33(28)40)26-12-14-27(15-13-26)43-19-22-6-4-21(2)5-7-22/h4-18H,3,19-20H2,1-2H3,(H,37,39,41)/b28-16+. The number of halogens is 2. The molecule has 1 saturated heterocycles. The predicted molar refractivity (Wildman–Crippen MR) is 175 cm³/mol. The SMILES string of the molecule is CCOc1cc(/C=C2\C(=O)NC(=O)N(c3ccc(OCc4ccc(C)cc4)cc3)C2=O)cc(Br)c1OCc1ccc(Br)cc1. The van der Waals surface area contributed by atoms with Gasteiger partial charge in [0.2, 0.25) is 0 Å². The van der Waals surface area contributed by atoms with Gasteiger partial charge in [-0.1, -0.05) is 57.9 Å². The second kappa shape index (κ2) is 13.9. The molecule has 4 amide bonds. The molecule has 0 bridgehead atoms. The summed E-state index contributed by atoms with van der Waals surface area (Å²) in [6.07, 6.45) is 1.42. The lowest BCUT2D eigenvalue weighted by molar-refractivity contribution is -0.122. The van der Waals surface area contributed by atoms with Crippen LogP contribution in [0.4, 0.5) is 10.5 Å². The molecule has 1 fully saturated rings. The van der Waals surface area contributed by atoms with Crippen LogP contribution < -0.4 is 24.4 Å². The molecule has 4 aromatic carbocycles. The van der Waals surface area contributed by atoms with Crippen LogP contribution >= 0.6 is 31.9 Å². The van der Waals surface area contributed by atoms with Gasteiger partial charge >= 0.3 is 6.03 Å². The van der Waals surface area contributed by atoms with Crippen molar-refractivity contribution in [3.05, 3.63) is 122 Å². The maximum Gasteiger partial charge on any atom is 0.335 e. The molecule has 10 heteroatoms. The number of nitrogens with zero attached hydrogens (tertiary/aromatic N) is 1. The van der Waals surface area contributed by atoms with Gasteiger partial charge in [-0.3, -0.25) is 14.9 Å². The van der Waals surface area contributed by atoms with Crippen LogP contribution in [0.25, 0.3) is 6.08 Å². The number of hydrogen-bond acceptors (Lipinski definition) is 6. The smallest absolute Gasteiger partial charge is 0.335 e. The molecule has 44 heavy (non-hydrogen) atoms. The Morgan fingerprint density at radius 1 is 0.795 bits per heavy atom. The van der Waals surface area contributed by atoms with Crippen LogP contribution in [0.2, 0.25) is 0 Å². The summed E-state index contributed by atoms with van der Waals surface area (Å²) in [4.78, 5) is 40.0. The molecule has 0 aliphatic carbocycles. The summed E-state index contributed by atoms with van der Waals surface area (Å²) in [5, 5.41) is 2.26. The van der Waals surface area contributed by atoms with E-state index in [9.17, 15) is 14.4 Å². The molecule has 0 aromatic heterocycles. The molecule has 5 rings (SSSR count). The van der Waals surface area contributed by atoms with Crippen molar-refractivity contribution in [3.63, 3.8) is 0 Å². The highest BCUT2D eigenvalue weighted by Gasteiger charge is 2.37. The van der Waals surface area contributed by atoms with E-state index < -0.39 is 17.8 Å². The number of nitrogens with one attached hydrogen (secondary N) is 1. The Morgan fingerprint density at radius 2 is 1.43 bits per heavy atom. The number of imide groups is 2. The van der Waals surface area contributed by atoms with Crippen LogP contribution in [0.3, 0.4) is 0 Å². The summed E-state index contributed by atoms with van der Waals surface area (Å²) in [5.41, 5.74) is 3.73. The third-order valence-electron chi connectivity index (χ3n) is 6.66. The highest BCUT2D eigenvalue weighted by molar-refractivity contribution is 9.10. The molecule has 0 saturated carbocycles. The van der Waals surface area contributed by atoms with Crippen molar-refractivity contribution < 1.29 is 28.6 Å². The summed E-state index contributed by atoms with van der Waals surface area (Å²) < 4.78 is 19.3. The third kappa shape index (κ3) is 7.38. The monoisotopic (exact) mass is 718 g/mol. The number of barbiturate groups is 1. The van der Waals surface area contributed by atoms with Gasteiger partial charge in [-0.15, -0.1) is 0 Å². The minimum absolute atomic E-state index is 0.206. The number of benzene rings is 4. The minimum atomic E-state index is -0.835. The Bertz CT molecular complexity index is 1720. The molecular weight excluding hydrogens is 692 g/mol. The Kier molecular flexibility index (Phi) is 9.82. The molecule has 1 aliphatic heterocycles. The summed E-state index contributed by atoms with van der Waals surface area (Å²) >= 11 is 6.97. The van der Waals surface area contributed by atoms with Crippen molar-refractivity contribution in [2.45, 2.75) is 27.1 Å². The van der Waals surface area contributed by atoms with E-state index in [1.807, 2.05) is 62.4 Å². The molecule has 0 unspecified atom stereocenters. The van der Waals surface area contributed by atoms with Gasteiger partial charge in [0.25, 0.3) is 11.8 Å². The summed E-state index contributed by atoms with van der Waals surface area (Å²) in [6, 6.07) is 24.9. The van der Waals surface area contributed by atoms with Gasteiger partial charge in [0, 0.05) is 4.47 Å². The fraction of sp³-hybridized carbons (Fsp3) is 0.147. The van der Waals surface area contributed by atoms with Crippen LogP contribution in [0.5, 0.6) is 17.2 Å². The van der Waals surface area contributed by atoms with E-state index in [0.29, 0.717) is 52.8 Å². The van der Waals surface area contributed by atoms with E-state index in [2.05, 4.69) is 37.2 Å². The maximum atomic E-state index is 13.5. The molecule has 1 N–H and O–H groups in total. The zero-order valence-electron chi connectivity index (χ0n) is 23.9. The number of rotatable bonds is 10. The first-order valence-corrected chi connectivity index (χ1v) is 15.3. The van der Waals surface area contributed by atoms with Crippen LogP contribution in [-0.4, -0.2) is 24.5 Å². The van der Waals surface area contributed by atoms with E-state index in [1.165, 1.54) is 6.08 Å². The lowest BCUT2D eigenvalue weighted by Crippen LogP contribution is -2.54. The Morgan fingerprint density at radius 3 is 2.09 bits per heavy atom. The number of carbonyl (C=O) groups is 3. The topological polar surface area (TPSA) is 94.2 Å². The molecular formula is C34H28Br2N2O6. The molecule has 224 valence electrons. The summed E-state index contributed by atoms with van der Waals surface area (Å²) in [5.74, 6) is -0.0565. The van der Waals surface area contributed by atoms with Gasteiger partial charge in [-0.05, 0) is 101 Å². The van der Waals surface area contributed by atoms with E-state index in [0.717, 1.165) is 26.1 Å². The first kappa shape index (κ1) is 31.0. The van der Waals surface area contributed by atoms with Crippen LogP contribution in [-0.2, 0) is 22.8 Å². The quantitative estimate of drug-likeness (QED) is 0.133. The van der Waals surface area contributed by atoms with Gasteiger partial charge in [0.1, 0.15) is 24.5 Å². The highest BCUT2D eigenvalue weighted by atomic mass is 79.9. The van der Waals surface area contributed by atoms with Crippen molar-refractivity contribution in [2.75, 3.05) is 11.5 Å². The second-order valence-electron chi connectivity index (χ2n) is 9.90. The van der Waals surface area contributed by atoms with E-state index in [4.69, 9.17) is 14.2 Å². The van der Waals surface area contributed by atoms with Crippen LogP contribution in [0.15, 0.2) is 99.4 Å².